The third kappa shape index (κ3) is 4.68. The minimum Gasteiger partial charge on any atom is -0.385 e. The Labute approximate surface area is 92.3 Å². The summed E-state index contributed by atoms with van der Waals surface area (Å²) in [5.41, 5.74) is 1.14. The average Bonchev–Trinajstić information content (AvgIpc) is 2.24. The number of anilines is 2. The monoisotopic (exact) mass is 207 g/mol. The Morgan fingerprint density at radius 3 is 2.87 bits per heavy atom. The summed E-state index contributed by atoms with van der Waals surface area (Å²) in [6, 6.07) is 4.02. The van der Waals surface area contributed by atoms with Crippen molar-refractivity contribution in [3.63, 3.8) is 0 Å². The third-order valence-electron chi connectivity index (χ3n) is 2.30. The van der Waals surface area contributed by atoms with E-state index < -0.39 is 0 Å². The molecule has 0 aliphatic heterocycles. The Hall–Kier alpha value is -1.25. The smallest absolute Gasteiger partial charge is 0.127 e. The first-order chi connectivity index (χ1) is 7.22. The highest BCUT2D eigenvalue weighted by Gasteiger charge is 1.96. The summed E-state index contributed by atoms with van der Waals surface area (Å²) in [5.74, 6) is 1.70. The second-order valence-corrected chi connectivity index (χ2v) is 4.14. The molecule has 0 aromatic carbocycles. The third-order valence-corrected chi connectivity index (χ3v) is 2.30. The van der Waals surface area contributed by atoms with Crippen molar-refractivity contribution in [1.82, 2.24) is 4.98 Å². The van der Waals surface area contributed by atoms with Gasteiger partial charge >= 0.3 is 0 Å². The number of hydrogen-bond acceptors (Lipinski definition) is 3. The van der Waals surface area contributed by atoms with Gasteiger partial charge in [-0.25, -0.2) is 4.98 Å². The lowest BCUT2D eigenvalue weighted by molar-refractivity contribution is 0.567. The molecule has 3 nitrogen and oxygen atoms in total. The summed E-state index contributed by atoms with van der Waals surface area (Å²) in [4.78, 5) is 4.16. The van der Waals surface area contributed by atoms with Crippen LogP contribution in [0.25, 0.3) is 0 Å². The van der Waals surface area contributed by atoms with Crippen LogP contribution < -0.4 is 10.6 Å². The van der Waals surface area contributed by atoms with Crippen molar-refractivity contribution in [2.75, 3.05) is 24.2 Å². The van der Waals surface area contributed by atoms with Crippen molar-refractivity contribution in [1.29, 1.82) is 0 Å². The summed E-state index contributed by atoms with van der Waals surface area (Å²) in [6.07, 6.45) is 4.31. The zero-order valence-corrected chi connectivity index (χ0v) is 9.88. The van der Waals surface area contributed by atoms with Crippen LogP contribution in [-0.2, 0) is 0 Å². The Morgan fingerprint density at radius 2 is 2.20 bits per heavy atom. The molecule has 1 rings (SSSR count). The van der Waals surface area contributed by atoms with Gasteiger partial charge in [-0.1, -0.05) is 13.8 Å². The molecule has 0 saturated heterocycles. The molecule has 0 spiro atoms. The number of nitrogens with one attached hydrogen (secondary N) is 2. The van der Waals surface area contributed by atoms with Crippen LogP contribution in [0.1, 0.15) is 26.7 Å². The molecule has 2 N–H and O–H groups in total. The molecule has 84 valence electrons. The molecule has 0 fully saturated rings. The van der Waals surface area contributed by atoms with E-state index >= 15 is 0 Å². The Balaban J connectivity index is 2.30. The fraction of sp³-hybridized carbons (Fsp3) is 0.583. The molecule has 1 aromatic rings. The first-order valence-corrected chi connectivity index (χ1v) is 5.60. The number of aromatic nitrogens is 1. The maximum Gasteiger partial charge on any atom is 0.127 e. The molecule has 0 radical (unpaired) electrons. The second kappa shape index (κ2) is 6.27. The zero-order chi connectivity index (χ0) is 11.1. The van der Waals surface area contributed by atoms with Crippen LogP contribution in [0, 0.1) is 5.92 Å². The summed E-state index contributed by atoms with van der Waals surface area (Å²) in [5, 5.41) is 6.42. The lowest BCUT2D eigenvalue weighted by atomic mass is 10.1. The van der Waals surface area contributed by atoms with Crippen molar-refractivity contribution >= 4 is 11.5 Å². The van der Waals surface area contributed by atoms with Crippen LogP contribution in [-0.4, -0.2) is 18.6 Å². The lowest BCUT2D eigenvalue weighted by Gasteiger charge is -2.08. The molecule has 0 aliphatic rings. The van der Waals surface area contributed by atoms with E-state index in [1.807, 2.05) is 25.4 Å². The van der Waals surface area contributed by atoms with Crippen molar-refractivity contribution in [2.24, 2.45) is 5.92 Å². The fourth-order valence-electron chi connectivity index (χ4n) is 1.42. The summed E-state index contributed by atoms with van der Waals surface area (Å²) in [7, 11) is 1.88. The van der Waals surface area contributed by atoms with Gasteiger partial charge in [0.15, 0.2) is 0 Å². The summed E-state index contributed by atoms with van der Waals surface area (Å²) < 4.78 is 0. The van der Waals surface area contributed by atoms with Gasteiger partial charge in [0.1, 0.15) is 5.82 Å². The SMILES string of the molecule is CNc1cc(NCCCC(C)C)ccn1. The first-order valence-electron chi connectivity index (χ1n) is 5.60. The minimum atomic E-state index is 0.789. The summed E-state index contributed by atoms with van der Waals surface area (Å²) >= 11 is 0. The molecular formula is C12H21N3. The predicted molar refractivity (Wildman–Crippen MR) is 66.3 cm³/mol. The van der Waals surface area contributed by atoms with Gasteiger partial charge in [0.25, 0.3) is 0 Å². The molecule has 0 amide bonds. The highest BCUT2D eigenvalue weighted by Crippen LogP contribution is 2.11. The minimum absolute atomic E-state index is 0.789. The average molecular weight is 207 g/mol. The van der Waals surface area contributed by atoms with Crippen LogP contribution in [0.3, 0.4) is 0 Å². The predicted octanol–water partition coefficient (Wildman–Crippen LogP) is 2.97. The van der Waals surface area contributed by atoms with Crippen molar-refractivity contribution < 1.29 is 0 Å². The van der Waals surface area contributed by atoms with Crippen LogP contribution in [0.5, 0.6) is 0 Å². The molecule has 0 bridgehead atoms. The van der Waals surface area contributed by atoms with Crippen molar-refractivity contribution in [3.05, 3.63) is 18.3 Å². The van der Waals surface area contributed by atoms with Gasteiger partial charge in [0, 0.05) is 31.5 Å². The van der Waals surface area contributed by atoms with Crippen LogP contribution in [0.4, 0.5) is 11.5 Å². The molecule has 15 heavy (non-hydrogen) atoms. The van der Waals surface area contributed by atoms with Crippen LogP contribution in [0.2, 0.25) is 0 Å². The van der Waals surface area contributed by atoms with Gasteiger partial charge in [-0.2, -0.15) is 0 Å². The van der Waals surface area contributed by atoms with Gasteiger partial charge in [0.2, 0.25) is 0 Å². The van der Waals surface area contributed by atoms with E-state index in [0.29, 0.717) is 0 Å². The normalized spacial score (nSPS) is 10.4. The number of hydrogen-bond donors (Lipinski definition) is 2. The van der Waals surface area contributed by atoms with Gasteiger partial charge < -0.3 is 10.6 Å². The second-order valence-electron chi connectivity index (χ2n) is 4.14. The highest BCUT2D eigenvalue weighted by molar-refractivity contribution is 5.51. The Bertz CT molecular complexity index is 284. The van der Waals surface area contributed by atoms with Gasteiger partial charge in [0.05, 0.1) is 0 Å². The molecule has 0 aliphatic carbocycles. The van der Waals surface area contributed by atoms with E-state index in [1.165, 1.54) is 12.8 Å². The van der Waals surface area contributed by atoms with E-state index in [4.69, 9.17) is 0 Å². The van der Waals surface area contributed by atoms with E-state index in [0.717, 1.165) is 24.0 Å². The maximum absolute atomic E-state index is 4.16. The highest BCUT2D eigenvalue weighted by atomic mass is 15.0. The fourth-order valence-corrected chi connectivity index (χ4v) is 1.42. The number of pyridine rings is 1. The molecular weight excluding hydrogens is 186 g/mol. The van der Waals surface area contributed by atoms with Crippen LogP contribution in [0.15, 0.2) is 18.3 Å². The van der Waals surface area contributed by atoms with E-state index in [-0.39, 0.29) is 0 Å². The van der Waals surface area contributed by atoms with Gasteiger partial charge in [-0.05, 0) is 24.8 Å². The van der Waals surface area contributed by atoms with Crippen molar-refractivity contribution in [3.8, 4) is 0 Å². The van der Waals surface area contributed by atoms with Gasteiger partial charge in [-0.3, -0.25) is 0 Å². The van der Waals surface area contributed by atoms with Gasteiger partial charge in [-0.15, -0.1) is 0 Å². The van der Waals surface area contributed by atoms with E-state index in [9.17, 15) is 0 Å². The zero-order valence-electron chi connectivity index (χ0n) is 9.88. The van der Waals surface area contributed by atoms with E-state index in [1.54, 1.807) is 0 Å². The molecule has 0 unspecified atom stereocenters. The summed E-state index contributed by atoms with van der Waals surface area (Å²) in [6.45, 7) is 5.54. The molecule has 1 aromatic heterocycles. The standard InChI is InChI=1S/C12H21N3/c1-10(2)5-4-7-14-11-6-8-15-12(9-11)13-3/h6,8-10H,4-5,7H2,1-3H3,(H2,13,14,15). The molecule has 0 atom stereocenters. The Kier molecular flexibility index (Phi) is 4.95. The maximum atomic E-state index is 4.16. The molecule has 1 heterocycles. The quantitative estimate of drug-likeness (QED) is 0.704. The van der Waals surface area contributed by atoms with Crippen molar-refractivity contribution in [2.45, 2.75) is 26.7 Å². The molecule has 0 saturated carbocycles. The van der Waals surface area contributed by atoms with E-state index in [2.05, 4.69) is 29.5 Å². The molecule has 3 heteroatoms. The lowest BCUT2D eigenvalue weighted by Crippen LogP contribution is -2.03. The Morgan fingerprint density at radius 1 is 1.40 bits per heavy atom. The first kappa shape index (κ1) is 11.8. The number of nitrogens with zero attached hydrogens (tertiary/aromatic N) is 1. The topological polar surface area (TPSA) is 37.0 Å². The number of rotatable bonds is 6. The largest absolute Gasteiger partial charge is 0.385 e. The van der Waals surface area contributed by atoms with Crippen LogP contribution >= 0.6 is 0 Å².